The largest absolute Gasteiger partial charge is 0.471 e. The van der Waals surface area contributed by atoms with Gasteiger partial charge in [0.05, 0.1) is 12.8 Å². The van der Waals surface area contributed by atoms with Crippen molar-refractivity contribution in [1.29, 1.82) is 0 Å². The number of carbonyl (C=O) groups is 2. The zero-order valence-corrected chi connectivity index (χ0v) is 18.3. The van der Waals surface area contributed by atoms with Crippen molar-refractivity contribution < 1.29 is 19.1 Å². The Morgan fingerprint density at radius 1 is 0.939 bits per heavy atom. The van der Waals surface area contributed by atoms with E-state index in [1.54, 1.807) is 18.5 Å². The van der Waals surface area contributed by atoms with Crippen LogP contribution in [-0.4, -0.2) is 38.5 Å². The Balaban J connectivity index is 1.38. The second-order valence-electron chi connectivity index (χ2n) is 7.10. The average Bonchev–Trinajstić information content (AvgIpc) is 3.50. The molecule has 1 amide bonds. The molecule has 0 atom stereocenters. The van der Waals surface area contributed by atoms with Crippen LogP contribution in [0.2, 0.25) is 0 Å². The van der Waals surface area contributed by atoms with Crippen molar-refractivity contribution in [3.05, 3.63) is 84.4 Å². The number of aryl methyl sites for hydroxylation is 1. The van der Waals surface area contributed by atoms with Crippen molar-refractivity contribution in [1.82, 2.24) is 19.6 Å². The van der Waals surface area contributed by atoms with E-state index in [-0.39, 0.29) is 23.8 Å². The normalized spacial score (nSPS) is 10.6. The van der Waals surface area contributed by atoms with Crippen LogP contribution in [-0.2, 0) is 18.0 Å². The fourth-order valence-electron chi connectivity index (χ4n) is 3.18. The van der Waals surface area contributed by atoms with Gasteiger partial charge < -0.3 is 14.8 Å². The molecule has 9 heteroatoms. The molecular weight excluding hydrogens is 422 g/mol. The smallest absolute Gasteiger partial charge is 0.360 e. The summed E-state index contributed by atoms with van der Waals surface area (Å²) in [5, 5.41) is 11.0. The predicted octanol–water partition coefficient (Wildman–Crippen LogP) is 3.84. The van der Waals surface area contributed by atoms with Crippen molar-refractivity contribution >= 4 is 17.6 Å². The highest BCUT2D eigenvalue weighted by Gasteiger charge is 2.20. The van der Waals surface area contributed by atoms with Gasteiger partial charge in [0.25, 0.3) is 5.91 Å². The molecule has 0 unspecified atom stereocenters. The number of nitrogens with zero attached hydrogens (tertiary/aromatic N) is 4. The number of methoxy groups -OCH3 is 1. The lowest BCUT2D eigenvalue weighted by atomic mass is 10.1. The third kappa shape index (κ3) is 5.09. The molecule has 0 radical (unpaired) electrons. The number of aromatic nitrogens is 4. The number of rotatable bonds is 8. The Morgan fingerprint density at radius 3 is 2.36 bits per heavy atom. The van der Waals surface area contributed by atoms with E-state index in [0.29, 0.717) is 12.3 Å². The van der Waals surface area contributed by atoms with Gasteiger partial charge in [-0.25, -0.2) is 9.48 Å². The van der Waals surface area contributed by atoms with E-state index in [0.717, 1.165) is 11.1 Å². The molecule has 33 heavy (non-hydrogen) atoms. The maximum Gasteiger partial charge on any atom is 0.360 e. The van der Waals surface area contributed by atoms with Crippen LogP contribution in [0.4, 0.5) is 5.69 Å². The first-order valence-corrected chi connectivity index (χ1v) is 10.4. The molecule has 1 N–H and O–H groups in total. The molecule has 9 nitrogen and oxygen atoms in total. The van der Waals surface area contributed by atoms with Crippen LogP contribution in [0.15, 0.2) is 73.1 Å². The van der Waals surface area contributed by atoms with Gasteiger partial charge in [-0.15, -0.1) is 0 Å². The molecule has 2 aromatic carbocycles. The number of carbonyl (C=O) groups excluding carboxylic acids is 2. The molecule has 2 aromatic heterocycles. The molecule has 0 aliphatic rings. The minimum absolute atomic E-state index is 0.0365. The van der Waals surface area contributed by atoms with E-state index in [2.05, 4.69) is 15.5 Å². The Labute approximate surface area is 190 Å². The number of anilines is 1. The number of esters is 1. The summed E-state index contributed by atoms with van der Waals surface area (Å²) in [5.41, 5.74) is 2.70. The van der Waals surface area contributed by atoms with Crippen LogP contribution in [0, 0.1) is 0 Å². The van der Waals surface area contributed by atoms with Crippen LogP contribution in [0.1, 0.15) is 27.9 Å². The van der Waals surface area contributed by atoms with Gasteiger partial charge in [-0.1, -0.05) is 42.5 Å². The first kappa shape index (κ1) is 21.8. The third-order valence-corrected chi connectivity index (χ3v) is 4.91. The molecule has 0 saturated carbocycles. The molecule has 0 spiro atoms. The first-order valence-electron chi connectivity index (χ1n) is 10.4. The fourth-order valence-corrected chi connectivity index (χ4v) is 3.18. The molecule has 168 valence electrons. The van der Waals surface area contributed by atoms with E-state index in [1.165, 1.54) is 16.5 Å². The van der Waals surface area contributed by atoms with Crippen molar-refractivity contribution in [2.24, 2.45) is 0 Å². The van der Waals surface area contributed by atoms with Gasteiger partial charge in [0.1, 0.15) is 5.75 Å². The lowest BCUT2D eigenvalue weighted by molar-refractivity contribution is 0.0594. The zero-order chi connectivity index (χ0) is 23.2. The highest BCUT2D eigenvalue weighted by atomic mass is 16.5. The number of nitrogens with one attached hydrogen (secondary N) is 1. The van der Waals surface area contributed by atoms with Gasteiger partial charge in [0.15, 0.2) is 18.1 Å². The minimum Gasteiger partial charge on any atom is -0.471 e. The lowest BCUT2D eigenvalue weighted by Gasteiger charge is -2.07. The van der Waals surface area contributed by atoms with E-state index in [1.807, 2.05) is 61.5 Å². The zero-order valence-electron chi connectivity index (χ0n) is 18.3. The summed E-state index contributed by atoms with van der Waals surface area (Å²) >= 11 is 0. The van der Waals surface area contributed by atoms with Gasteiger partial charge in [0.2, 0.25) is 0 Å². The molecule has 0 saturated heterocycles. The number of benzene rings is 2. The lowest BCUT2D eigenvalue weighted by Crippen LogP contribution is -2.16. The predicted molar refractivity (Wildman–Crippen MR) is 122 cm³/mol. The van der Waals surface area contributed by atoms with E-state index < -0.39 is 11.9 Å². The topological polar surface area (TPSA) is 100 Å². The summed E-state index contributed by atoms with van der Waals surface area (Å²) in [6.45, 7) is 2.55. The Kier molecular flexibility index (Phi) is 6.49. The van der Waals surface area contributed by atoms with Gasteiger partial charge in [0, 0.05) is 18.9 Å². The molecule has 2 heterocycles. The number of ether oxygens (including phenoxy) is 2. The molecule has 0 fully saturated rings. The maximum absolute atomic E-state index is 12.6. The quantitative estimate of drug-likeness (QED) is 0.414. The highest BCUT2D eigenvalue weighted by Crippen LogP contribution is 2.22. The van der Waals surface area contributed by atoms with Crippen molar-refractivity contribution in [3.63, 3.8) is 0 Å². The highest BCUT2D eigenvalue weighted by molar-refractivity contribution is 6.06. The molecule has 0 aliphatic carbocycles. The summed E-state index contributed by atoms with van der Waals surface area (Å²) in [6.07, 6.45) is 3.22. The van der Waals surface area contributed by atoms with E-state index in [4.69, 9.17) is 9.47 Å². The van der Waals surface area contributed by atoms with Gasteiger partial charge in [-0.05, 0) is 36.2 Å². The average molecular weight is 445 g/mol. The fraction of sp³-hybridized carbons (Fsp3) is 0.167. The molecule has 4 aromatic rings. The first-order chi connectivity index (χ1) is 16.1. The van der Waals surface area contributed by atoms with Gasteiger partial charge in [-0.2, -0.15) is 10.2 Å². The van der Waals surface area contributed by atoms with E-state index in [9.17, 15) is 9.59 Å². The molecule has 0 bridgehead atoms. The van der Waals surface area contributed by atoms with Crippen molar-refractivity contribution in [3.8, 4) is 16.9 Å². The monoisotopic (exact) mass is 445 g/mol. The molecule has 4 rings (SSSR count). The molecular formula is C24H23N5O4. The summed E-state index contributed by atoms with van der Waals surface area (Å²) in [5.74, 6) is -0.414. The SMILES string of the molecule is CCn1cc(NC(=O)c2ccn(COc3ccc(-c4ccccc4)cc3)n2)c(C(=O)OC)n1. The Morgan fingerprint density at radius 2 is 1.67 bits per heavy atom. The maximum atomic E-state index is 12.6. The van der Waals surface area contributed by atoms with Gasteiger partial charge in [-0.3, -0.25) is 9.48 Å². The second-order valence-corrected chi connectivity index (χ2v) is 7.10. The summed E-state index contributed by atoms with van der Waals surface area (Å²) in [4.78, 5) is 24.5. The minimum atomic E-state index is -0.630. The molecule has 0 aliphatic heterocycles. The second kappa shape index (κ2) is 9.82. The van der Waals surface area contributed by atoms with Crippen LogP contribution in [0.25, 0.3) is 11.1 Å². The Hall–Kier alpha value is -4.40. The number of amides is 1. The summed E-state index contributed by atoms with van der Waals surface area (Å²) in [7, 11) is 1.26. The van der Waals surface area contributed by atoms with E-state index >= 15 is 0 Å². The van der Waals surface area contributed by atoms with Gasteiger partial charge >= 0.3 is 5.97 Å². The van der Waals surface area contributed by atoms with Crippen LogP contribution in [0.3, 0.4) is 0 Å². The Bertz CT molecular complexity index is 1250. The van der Waals surface area contributed by atoms with Crippen molar-refractivity contribution in [2.45, 2.75) is 20.2 Å². The number of hydrogen-bond acceptors (Lipinski definition) is 6. The van der Waals surface area contributed by atoms with Crippen LogP contribution < -0.4 is 10.1 Å². The van der Waals surface area contributed by atoms with Crippen molar-refractivity contribution in [2.75, 3.05) is 12.4 Å². The summed E-state index contributed by atoms with van der Waals surface area (Å²) < 4.78 is 13.6. The number of hydrogen-bond donors (Lipinski definition) is 1. The van der Waals surface area contributed by atoms with Crippen LogP contribution in [0.5, 0.6) is 5.75 Å². The third-order valence-electron chi connectivity index (χ3n) is 4.91. The standard InChI is InChI=1S/C24H23N5O4/c1-3-28-15-21(22(27-28)24(31)32-2)25-23(30)20-13-14-29(26-20)16-33-19-11-9-18(10-12-19)17-7-5-4-6-8-17/h4-15H,3,16H2,1-2H3,(H,25,30). The van der Waals surface area contributed by atoms with Crippen LogP contribution >= 0.6 is 0 Å². The summed E-state index contributed by atoms with van der Waals surface area (Å²) in [6, 6.07) is 19.4.